The van der Waals surface area contributed by atoms with Gasteiger partial charge in [0.2, 0.25) is 0 Å². The summed E-state index contributed by atoms with van der Waals surface area (Å²) in [6.07, 6.45) is 0. The predicted molar refractivity (Wildman–Crippen MR) is 82.1 cm³/mol. The van der Waals surface area contributed by atoms with E-state index in [2.05, 4.69) is 17.6 Å². The maximum Gasteiger partial charge on any atom is 0.337 e. The van der Waals surface area contributed by atoms with Gasteiger partial charge in [-0.3, -0.25) is 0 Å². The van der Waals surface area contributed by atoms with E-state index in [9.17, 15) is 4.79 Å². The Morgan fingerprint density at radius 2 is 2.05 bits per heavy atom. The Hall–Kier alpha value is -1.88. The first-order valence-corrected chi connectivity index (χ1v) is 6.86. The average Bonchev–Trinajstić information content (AvgIpc) is 2.40. The minimum Gasteiger partial charge on any atom is -0.457 e. The molecule has 2 rings (SSSR count). The molecule has 2 N–H and O–H groups in total. The van der Waals surface area contributed by atoms with Crippen LogP contribution in [0.3, 0.4) is 0 Å². The molecule has 1 heterocycles. The van der Waals surface area contributed by atoms with Crippen molar-refractivity contribution in [3.05, 3.63) is 46.2 Å². The quantitative estimate of drug-likeness (QED) is 0.659. The maximum atomic E-state index is 12.0. The van der Waals surface area contributed by atoms with Crippen molar-refractivity contribution in [2.75, 3.05) is 6.54 Å². The summed E-state index contributed by atoms with van der Waals surface area (Å²) in [6, 6.07) is 6.05. The van der Waals surface area contributed by atoms with Crippen molar-refractivity contribution in [2.24, 2.45) is 0 Å². The fraction of sp³-hybridized carbons (Fsp3) is 0.333. The lowest BCUT2D eigenvalue weighted by Crippen LogP contribution is -2.42. The highest BCUT2D eigenvalue weighted by Gasteiger charge is 2.19. The molecule has 20 heavy (non-hydrogen) atoms. The Bertz CT molecular complexity index is 594. The van der Waals surface area contributed by atoms with E-state index in [-0.39, 0.29) is 12.6 Å². The lowest BCUT2D eigenvalue weighted by molar-refractivity contribution is -0.140. The van der Waals surface area contributed by atoms with E-state index in [1.165, 1.54) is 11.1 Å². The highest BCUT2D eigenvalue weighted by Crippen LogP contribution is 2.13. The zero-order valence-corrected chi connectivity index (χ0v) is 12.7. The van der Waals surface area contributed by atoms with Gasteiger partial charge in [0.15, 0.2) is 5.11 Å². The SMILES string of the molecule is CC1=C(C(=O)OCc2ccc(C)c(C)c2)CNC(=S)N1. The minimum atomic E-state index is -0.316. The van der Waals surface area contributed by atoms with Crippen LogP contribution in [0.2, 0.25) is 0 Å². The monoisotopic (exact) mass is 290 g/mol. The highest BCUT2D eigenvalue weighted by molar-refractivity contribution is 7.80. The van der Waals surface area contributed by atoms with E-state index in [0.717, 1.165) is 11.3 Å². The molecular formula is C15H18N2O2S. The van der Waals surface area contributed by atoms with Gasteiger partial charge in [0.05, 0.1) is 12.1 Å². The van der Waals surface area contributed by atoms with Crippen molar-refractivity contribution in [3.8, 4) is 0 Å². The largest absolute Gasteiger partial charge is 0.457 e. The average molecular weight is 290 g/mol. The second-order valence-electron chi connectivity index (χ2n) is 4.91. The summed E-state index contributed by atoms with van der Waals surface area (Å²) in [7, 11) is 0. The van der Waals surface area contributed by atoms with Crippen LogP contribution in [0.5, 0.6) is 0 Å². The fourth-order valence-corrected chi connectivity index (χ4v) is 2.17. The van der Waals surface area contributed by atoms with Gasteiger partial charge in [-0.25, -0.2) is 4.79 Å². The zero-order chi connectivity index (χ0) is 14.7. The lowest BCUT2D eigenvalue weighted by atomic mass is 10.1. The molecule has 0 bridgehead atoms. The first kappa shape index (κ1) is 14.5. The van der Waals surface area contributed by atoms with E-state index in [0.29, 0.717) is 17.2 Å². The molecule has 0 saturated carbocycles. The summed E-state index contributed by atoms with van der Waals surface area (Å²) in [4.78, 5) is 12.0. The maximum absolute atomic E-state index is 12.0. The Balaban J connectivity index is 2.00. The first-order valence-electron chi connectivity index (χ1n) is 6.45. The Kier molecular flexibility index (Phi) is 4.39. The third kappa shape index (κ3) is 3.36. The van der Waals surface area contributed by atoms with Crippen LogP contribution in [0.1, 0.15) is 23.6 Å². The second kappa shape index (κ2) is 6.05. The normalized spacial score (nSPS) is 14.7. The predicted octanol–water partition coefficient (Wildman–Crippen LogP) is 2.10. The Morgan fingerprint density at radius 1 is 1.30 bits per heavy atom. The van der Waals surface area contributed by atoms with Crippen molar-refractivity contribution in [2.45, 2.75) is 27.4 Å². The number of carbonyl (C=O) groups is 1. The molecule has 1 aliphatic rings. The molecule has 0 atom stereocenters. The number of hydrogen-bond acceptors (Lipinski definition) is 3. The third-order valence-corrected chi connectivity index (χ3v) is 3.61. The molecule has 0 radical (unpaired) electrons. The number of rotatable bonds is 3. The summed E-state index contributed by atoms with van der Waals surface area (Å²) in [5, 5.41) is 6.38. The third-order valence-electron chi connectivity index (χ3n) is 3.37. The molecule has 0 unspecified atom stereocenters. The minimum absolute atomic E-state index is 0.279. The van der Waals surface area contributed by atoms with Gasteiger partial charge in [-0.15, -0.1) is 0 Å². The lowest BCUT2D eigenvalue weighted by Gasteiger charge is -2.20. The van der Waals surface area contributed by atoms with Gasteiger partial charge in [-0.05, 0) is 49.7 Å². The zero-order valence-electron chi connectivity index (χ0n) is 11.9. The van der Waals surface area contributed by atoms with Gasteiger partial charge >= 0.3 is 5.97 Å². The molecule has 4 nitrogen and oxygen atoms in total. The van der Waals surface area contributed by atoms with Gasteiger partial charge in [0, 0.05) is 5.70 Å². The number of thiocarbonyl (C=S) groups is 1. The van der Waals surface area contributed by atoms with E-state index in [4.69, 9.17) is 17.0 Å². The molecule has 0 spiro atoms. The fourth-order valence-electron chi connectivity index (χ4n) is 1.95. The molecule has 0 saturated heterocycles. The Morgan fingerprint density at radius 3 is 2.70 bits per heavy atom. The molecule has 1 aromatic carbocycles. The number of hydrogen-bond donors (Lipinski definition) is 2. The topological polar surface area (TPSA) is 50.4 Å². The standard InChI is InChI=1S/C15H18N2O2S/c1-9-4-5-12(6-10(9)2)8-19-14(18)13-7-16-15(20)17-11(13)3/h4-6H,7-8H2,1-3H3,(H2,16,17,20). The summed E-state index contributed by atoms with van der Waals surface area (Å²) in [6.45, 7) is 6.61. The van der Waals surface area contributed by atoms with E-state index in [1.807, 2.05) is 32.0 Å². The molecule has 106 valence electrons. The molecule has 0 aliphatic carbocycles. The first-order chi connectivity index (χ1) is 9.47. The van der Waals surface area contributed by atoms with E-state index in [1.54, 1.807) is 0 Å². The van der Waals surface area contributed by atoms with Gasteiger partial charge in [0.25, 0.3) is 0 Å². The van der Waals surface area contributed by atoms with Crippen LogP contribution in [-0.4, -0.2) is 17.6 Å². The molecule has 1 aromatic rings. The van der Waals surface area contributed by atoms with Crippen LogP contribution in [-0.2, 0) is 16.1 Å². The number of carbonyl (C=O) groups excluding carboxylic acids is 1. The second-order valence-corrected chi connectivity index (χ2v) is 5.31. The molecule has 0 fully saturated rings. The number of allylic oxidation sites excluding steroid dienone is 1. The number of esters is 1. The van der Waals surface area contributed by atoms with Crippen LogP contribution in [0.15, 0.2) is 29.5 Å². The summed E-state index contributed by atoms with van der Waals surface area (Å²) in [5.74, 6) is -0.316. The number of ether oxygens (including phenoxy) is 1. The van der Waals surface area contributed by atoms with Gasteiger partial charge in [-0.2, -0.15) is 0 Å². The van der Waals surface area contributed by atoms with Crippen molar-refractivity contribution in [1.82, 2.24) is 10.6 Å². The van der Waals surface area contributed by atoms with Crippen LogP contribution < -0.4 is 10.6 Å². The summed E-state index contributed by atoms with van der Waals surface area (Å²) >= 11 is 4.98. The molecule has 1 aliphatic heterocycles. The molecule has 0 aromatic heterocycles. The smallest absolute Gasteiger partial charge is 0.337 e. The number of benzene rings is 1. The molecular weight excluding hydrogens is 272 g/mol. The highest BCUT2D eigenvalue weighted by atomic mass is 32.1. The number of aryl methyl sites for hydroxylation is 2. The van der Waals surface area contributed by atoms with Gasteiger partial charge < -0.3 is 15.4 Å². The molecule has 0 amide bonds. The van der Waals surface area contributed by atoms with Crippen LogP contribution in [0, 0.1) is 13.8 Å². The van der Waals surface area contributed by atoms with Crippen LogP contribution in [0.4, 0.5) is 0 Å². The van der Waals surface area contributed by atoms with Crippen molar-refractivity contribution in [3.63, 3.8) is 0 Å². The summed E-state index contributed by atoms with van der Waals surface area (Å²) < 4.78 is 5.35. The van der Waals surface area contributed by atoms with Crippen molar-refractivity contribution in [1.29, 1.82) is 0 Å². The molecule has 5 heteroatoms. The van der Waals surface area contributed by atoms with Crippen LogP contribution in [0.25, 0.3) is 0 Å². The van der Waals surface area contributed by atoms with Gasteiger partial charge in [0.1, 0.15) is 6.61 Å². The van der Waals surface area contributed by atoms with E-state index >= 15 is 0 Å². The van der Waals surface area contributed by atoms with Crippen LogP contribution >= 0.6 is 12.2 Å². The number of nitrogens with one attached hydrogen (secondary N) is 2. The van der Waals surface area contributed by atoms with Gasteiger partial charge in [-0.1, -0.05) is 18.2 Å². The van der Waals surface area contributed by atoms with Crippen molar-refractivity contribution < 1.29 is 9.53 Å². The summed E-state index contributed by atoms with van der Waals surface area (Å²) in [5.41, 5.74) is 4.75. The Labute approximate surface area is 124 Å². The van der Waals surface area contributed by atoms with E-state index < -0.39 is 0 Å². The van der Waals surface area contributed by atoms with Crippen molar-refractivity contribution >= 4 is 23.3 Å².